The van der Waals surface area contributed by atoms with Crippen molar-refractivity contribution in [1.29, 1.82) is 0 Å². The third-order valence-corrected chi connectivity index (χ3v) is 2.93. The summed E-state index contributed by atoms with van der Waals surface area (Å²) in [4.78, 5) is 25.4. The Kier molecular flexibility index (Phi) is 2.42. The molecule has 0 fully saturated rings. The fourth-order valence-electron chi connectivity index (χ4n) is 1.36. The Morgan fingerprint density at radius 3 is 2.87 bits per heavy atom. The molecule has 15 heavy (non-hydrogen) atoms. The third kappa shape index (κ3) is 1.71. The van der Waals surface area contributed by atoms with Crippen LogP contribution in [-0.2, 0) is 4.79 Å². The molecule has 2 aromatic heterocycles. The van der Waals surface area contributed by atoms with E-state index in [1.165, 1.54) is 23.7 Å². The minimum absolute atomic E-state index is 0.421. The van der Waals surface area contributed by atoms with Crippen LogP contribution in [0.4, 0.5) is 0 Å². The highest BCUT2D eigenvalue weighted by Crippen LogP contribution is 2.21. The Morgan fingerprint density at radius 1 is 1.60 bits per heavy atom. The lowest BCUT2D eigenvalue weighted by Gasteiger charge is -2.10. The van der Waals surface area contributed by atoms with Gasteiger partial charge in [-0.2, -0.15) is 0 Å². The maximum atomic E-state index is 11.3. The van der Waals surface area contributed by atoms with E-state index in [0.29, 0.717) is 4.88 Å². The van der Waals surface area contributed by atoms with E-state index in [1.807, 2.05) is 0 Å². The minimum Gasteiger partial charge on any atom is -0.479 e. The van der Waals surface area contributed by atoms with Crippen molar-refractivity contribution in [3.8, 4) is 0 Å². The van der Waals surface area contributed by atoms with Gasteiger partial charge in [0, 0.05) is 17.3 Å². The maximum absolute atomic E-state index is 11.3. The molecule has 2 aromatic rings. The quantitative estimate of drug-likeness (QED) is 0.813. The van der Waals surface area contributed by atoms with E-state index in [9.17, 15) is 9.59 Å². The van der Waals surface area contributed by atoms with Gasteiger partial charge in [0.05, 0.1) is 0 Å². The molecule has 0 aliphatic rings. The topological polar surface area (TPSA) is 75.1 Å². The van der Waals surface area contributed by atoms with E-state index in [4.69, 9.17) is 5.11 Å². The number of hydrogen-bond donors (Lipinski definition) is 2. The van der Waals surface area contributed by atoms with E-state index < -0.39 is 17.7 Å². The second-order valence-corrected chi connectivity index (χ2v) is 3.91. The third-order valence-electron chi connectivity index (χ3n) is 2.00. The molecule has 5 nitrogen and oxygen atoms in total. The summed E-state index contributed by atoms with van der Waals surface area (Å²) in [5.41, 5.74) is -0.421. The van der Waals surface area contributed by atoms with Crippen LogP contribution in [0.5, 0.6) is 0 Å². The number of imidazole rings is 1. The summed E-state index contributed by atoms with van der Waals surface area (Å²) in [6.45, 7) is 0. The zero-order valence-electron chi connectivity index (χ0n) is 7.58. The Morgan fingerprint density at radius 2 is 2.40 bits per heavy atom. The predicted octanol–water partition coefficient (Wildman–Crippen LogP) is 0.912. The average molecular weight is 224 g/mol. The number of rotatable bonds is 3. The van der Waals surface area contributed by atoms with Crippen molar-refractivity contribution in [3.05, 3.63) is 45.3 Å². The first-order valence-electron chi connectivity index (χ1n) is 4.22. The number of carboxylic acid groups (broad SMARTS) is 1. The molecule has 0 amide bonds. The van der Waals surface area contributed by atoms with E-state index >= 15 is 0 Å². The van der Waals surface area contributed by atoms with Gasteiger partial charge in [0.1, 0.15) is 0 Å². The molecule has 0 saturated heterocycles. The molecule has 0 spiro atoms. The van der Waals surface area contributed by atoms with E-state index in [-0.39, 0.29) is 0 Å². The number of aromatic amines is 1. The Balaban J connectivity index is 2.51. The Bertz CT molecular complexity index is 511. The van der Waals surface area contributed by atoms with Crippen molar-refractivity contribution in [2.24, 2.45) is 0 Å². The molecule has 0 aromatic carbocycles. The molecule has 0 radical (unpaired) electrons. The summed E-state index contributed by atoms with van der Waals surface area (Å²) in [7, 11) is 0. The van der Waals surface area contributed by atoms with Gasteiger partial charge in [-0.3, -0.25) is 4.57 Å². The zero-order chi connectivity index (χ0) is 10.8. The molecule has 2 heterocycles. The summed E-state index contributed by atoms with van der Waals surface area (Å²) in [6.07, 6.45) is 2.85. The predicted molar refractivity (Wildman–Crippen MR) is 55.1 cm³/mol. The van der Waals surface area contributed by atoms with E-state index in [0.717, 1.165) is 4.57 Å². The first-order valence-corrected chi connectivity index (χ1v) is 5.10. The number of carbonyl (C=O) groups is 1. The lowest BCUT2D eigenvalue weighted by atomic mass is 10.2. The molecule has 6 heteroatoms. The molecular weight excluding hydrogens is 216 g/mol. The molecule has 1 atom stereocenters. The van der Waals surface area contributed by atoms with Crippen LogP contribution in [0.1, 0.15) is 10.9 Å². The maximum Gasteiger partial charge on any atom is 0.332 e. The van der Waals surface area contributed by atoms with Crippen molar-refractivity contribution in [2.75, 3.05) is 0 Å². The smallest absolute Gasteiger partial charge is 0.332 e. The molecule has 2 N–H and O–H groups in total. The molecule has 0 saturated carbocycles. The molecule has 78 valence electrons. The molecule has 0 aliphatic heterocycles. The average Bonchev–Trinajstić information content (AvgIpc) is 2.79. The van der Waals surface area contributed by atoms with Crippen molar-refractivity contribution in [3.63, 3.8) is 0 Å². The number of thiophene rings is 1. The van der Waals surface area contributed by atoms with Gasteiger partial charge in [-0.15, -0.1) is 11.3 Å². The molecular formula is C9H8N2O3S. The van der Waals surface area contributed by atoms with Crippen LogP contribution in [-0.4, -0.2) is 20.6 Å². The van der Waals surface area contributed by atoms with Crippen LogP contribution < -0.4 is 5.69 Å². The highest BCUT2D eigenvalue weighted by atomic mass is 32.1. The monoisotopic (exact) mass is 224 g/mol. The Hall–Kier alpha value is -1.82. The highest BCUT2D eigenvalue weighted by molar-refractivity contribution is 7.10. The normalized spacial score (nSPS) is 12.5. The van der Waals surface area contributed by atoms with Crippen molar-refractivity contribution >= 4 is 17.3 Å². The molecule has 0 aliphatic carbocycles. The van der Waals surface area contributed by atoms with Crippen LogP contribution in [0.3, 0.4) is 0 Å². The van der Waals surface area contributed by atoms with Gasteiger partial charge in [0.2, 0.25) is 0 Å². The number of nitrogens with one attached hydrogen (secondary N) is 1. The largest absolute Gasteiger partial charge is 0.479 e. The van der Waals surface area contributed by atoms with Gasteiger partial charge in [-0.25, -0.2) is 9.59 Å². The number of nitrogens with zero attached hydrogens (tertiary/aromatic N) is 1. The summed E-state index contributed by atoms with van der Waals surface area (Å²) in [5.74, 6) is -1.04. The lowest BCUT2D eigenvalue weighted by molar-refractivity contribution is -0.139. The van der Waals surface area contributed by atoms with Gasteiger partial charge in [0.15, 0.2) is 6.04 Å². The first kappa shape index (κ1) is 9.72. The second kappa shape index (κ2) is 3.74. The van der Waals surface area contributed by atoms with Crippen molar-refractivity contribution in [2.45, 2.75) is 6.04 Å². The Labute approximate surface area is 88.6 Å². The lowest BCUT2D eigenvalue weighted by Crippen LogP contribution is -2.27. The zero-order valence-corrected chi connectivity index (χ0v) is 8.40. The summed E-state index contributed by atoms with van der Waals surface area (Å²) >= 11 is 1.31. The fraction of sp³-hybridized carbons (Fsp3) is 0.111. The van der Waals surface area contributed by atoms with Crippen LogP contribution in [0.25, 0.3) is 0 Å². The molecule has 2 rings (SSSR count). The standard InChI is InChI=1S/C9H8N2O3S/c12-8(13)7(6-2-1-5-15-6)11-4-3-10-9(11)14/h1-5,7H,(H,10,14)(H,12,13). The van der Waals surface area contributed by atoms with Crippen molar-refractivity contribution < 1.29 is 9.90 Å². The van der Waals surface area contributed by atoms with Gasteiger partial charge < -0.3 is 10.1 Å². The fourth-order valence-corrected chi connectivity index (χ4v) is 2.17. The summed E-state index contributed by atoms with van der Waals surface area (Å²) in [6, 6.07) is 2.51. The number of aliphatic carboxylic acids is 1. The van der Waals surface area contributed by atoms with Gasteiger partial charge in [0.25, 0.3) is 0 Å². The minimum atomic E-state index is -1.04. The van der Waals surface area contributed by atoms with Gasteiger partial charge >= 0.3 is 11.7 Å². The van der Waals surface area contributed by atoms with Crippen molar-refractivity contribution in [1.82, 2.24) is 9.55 Å². The SMILES string of the molecule is O=C(O)C(c1cccs1)n1cc[nH]c1=O. The van der Waals surface area contributed by atoms with Crippen LogP contribution in [0.2, 0.25) is 0 Å². The van der Waals surface area contributed by atoms with Gasteiger partial charge in [-0.1, -0.05) is 6.07 Å². The van der Waals surface area contributed by atoms with Crippen LogP contribution in [0, 0.1) is 0 Å². The van der Waals surface area contributed by atoms with Gasteiger partial charge in [-0.05, 0) is 11.4 Å². The molecule has 1 unspecified atom stereocenters. The number of aromatic nitrogens is 2. The highest BCUT2D eigenvalue weighted by Gasteiger charge is 2.23. The van der Waals surface area contributed by atoms with E-state index in [1.54, 1.807) is 17.5 Å². The first-order chi connectivity index (χ1) is 7.20. The van der Waals surface area contributed by atoms with Crippen LogP contribution in [0.15, 0.2) is 34.7 Å². The summed E-state index contributed by atoms with van der Waals surface area (Å²) < 4.78 is 1.16. The molecule has 0 bridgehead atoms. The van der Waals surface area contributed by atoms with E-state index in [2.05, 4.69) is 4.98 Å². The summed E-state index contributed by atoms with van der Waals surface area (Å²) in [5, 5.41) is 10.9. The second-order valence-electron chi connectivity index (χ2n) is 2.93. The number of carboxylic acids is 1. The van der Waals surface area contributed by atoms with Crippen LogP contribution >= 0.6 is 11.3 Å². The number of H-pyrrole nitrogens is 1. The number of hydrogen-bond acceptors (Lipinski definition) is 3.